The van der Waals surface area contributed by atoms with Crippen LogP contribution >= 0.6 is 0 Å². The first-order valence-corrected chi connectivity index (χ1v) is 10.00. The maximum absolute atomic E-state index is 12.1. The Balaban J connectivity index is 1.84. The molecule has 2 rings (SSSR count). The minimum Gasteiger partial charge on any atom is -0.357 e. The van der Waals surface area contributed by atoms with Gasteiger partial charge in [0.2, 0.25) is 15.9 Å². The number of amides is 1. The molecule has 0 spiro atoms. The Morgan fingerprint density at radius 3 is 2.35 bits per heavy atom. The lowest BCUT2D eigenvalue weighted by molar-refractivity contribution is -0.116. The highest BCUT2D eigenvalue weighted by molar-refractivity contribution is 7.89. The fourth-order valence-corrected chi connectivity index (χ4v) is 3.45. The summed E-state index contributed by atoms with van der Waals surface area (Å²) in [4.78, 5) is 18.6. The molecule has 0 saturated heterocycles. The van der Waals surface area contributed by atoms with Crippen molar-refractivity contribution < 1.29 is 13.2 Å². The normalized spacial score (nSPS) is 11.2. The summed E-state index contributed by atoms with van der Waals surface area (Å²) < 4.78 is 26.6. The van der Waals surface area contributed by atoms with Crippen LogP contribution in [-0.4, -0.2) is 38.9 Å². The van der Waals surface area contributed by atoms with Crippen LogP contribution < -0.4 is 14.9 Å². The van der Waals surface area contributed by atoms with Gasteiger partial charge in [-0.25, -0.2) is 18.1 Å². The Morgan fingerprint density at radius 1 is 1.08 bits per heavy atom. The van der Waals surface area contributed by atoms with Crippen molar-refractivity contribution in [3.05, 3.63) is 48.7 Å². The number of carbonyl (C=O) groups excluding carboxylic acids is 1. The average molecular weight is 376 g/mol. The smallest absolute Gasteiger partial charge is 0.240 e. The molecule has 0 radical (unpaired) electrons. The lowest BCUT2D eigenvalue weighted by Crippen LogP contribution is -2.27. The van der Waals surface area contributed by atoms with Gasteiger partial charge in [0.05, 0.1) is 16.8 Å². The molecule has 2 N–H and O–H groups in total. The van der Waals surface area contributed by atoms with Gasteiger partial charge in [-0.2, -0.15) is 0 Å². The van der Waals surface area contributed by atoms with Crippen molar-refractivity contribution in [2.75, 3.05) is 29.9 Å². The summed E-state index contributed by atoms with van der Waals surface area (Å²) in [6, 6.07) is 11.7. The highest BCUT2D eigenvalue weighted by atomic mass is 32.2. The first-order chi connectivity index (χ1) is 12.5. The second-order valence-electron chi connectivity index (χ2n) is 5.59. The molecule has 7 nitrogen and oxygen atoms in total. The van der Waals surface area contributed by atoms with Crippen molar-refractivity contribution in [3.63, 3.8) is 0 Å². The first kappa shape index (κ1) is 19.9. The van der Waals surface area contributed by atoms with Crippen LogP contribution in [0.1, 0.15) is 20.3 Å². The third-order valence-electron chi connectivity index (χ3n) is 3.82. The summed E-state index contributed by atoms with van der Waals surface area (Å²) in [6.45, 7) is 5.84. The van der Waals surface area contributed by atoms with Crippen molar-refractivity contribution in [2.24, 2.45) is 0 Å². The van der Waals surface area contributed by atoms with Crippen molar-refractivity contribution in [1.82, 2.24) is 9.71 Å². The van der Waals surface area contributed by atoms with Crippen LogP contribution in [0, 0.1) is 0 Å². The van der Waals surface area contributed by atoms with Gasteiger partial charge in [0.1, 0.15) is 5.82 Å². The van der Waals surface area contributed by atoms with Crippen molar-refractivity contribution in [2.45, 2.75) is 25.2 Å². The van der Waals surface area contributed by atoms with Gasteiger partial charge < -0.3 is 10.2 Å². The van der Waals surface area contributed by atoms with Gasteiger partial charge in [-0.3, -0.25) is 4.79 Å². The quantitative estimate of drug-likeness (QED) is 0.700. The molecule has 1 aromatic heterocycles. The third kappa shape index (κ3) is 5.53. The van der Waals surface area contributed by atoms with Gasteiger partial charge in [-0.15, -0.1) is 0 Å². The molecule has 0 bridgehead atoms. The molecule has 0 atom stereocenters. The average Bonchev–Trinajstić information content (AvgIpc) is 2.64. The van der Waals surface area contributed by atoms with Crippen LogP contribution in [0.5, 0.6) is 0 Å². The lowest BCUT2D eigenvalue weighted by atomic mass is 10.3. The van der Waals surface area contributed by atoms with Gasteiger partial charge in [-0.05, 0) is 38.1 Å². The molecule has 1 aromatic carbocycles. The second kappa shape index (κ2) is 9.30. The van der Waals surface area contributed by atoms with Crippen LogP contribution in [0.3, 0.4) is 0 Å². The van der Waals surface area contributed by atoms with E-state index in [-0.39, 0.29) is 23.8 Å². The minimum atomic E-state index is -3.60. The Labute approximate surface area is 154 Å². The molecule has 0 fully saturated rings. The Kier molecular flexibility index (Phi) is 7.11. The Bertz CT molecular complexity index is 804. The van der Waals surface area contributed by atoms with E-state index in [2.05, 4.69) is 33.8 Å². The summed E-state index contributed by atoms with van der Waals surface area (Å²) in [6.07, 6.45) is 1.63. The van der Waals surface area contributed by atoms with E-state index in [0.29, 0.717) is 5.69 Å². The fourth-order valence-electron chi connectivity index (χ4n) is 2.40. The largest absolute Gasteiger partial charge is 0.357 e. The molecule has 2 aromatic rings. The summed E-state index contributed by atoms with van der Waals surface area (Å²) in [5.41, 5.74) is 0.580. The molecule has 0 aliphatic rings. The van der Waals surface area contributed by atoms with Gasteiger partial charge in [0, 0.05) is 26.1 Å². The van der Waals surface area contributed by atoms with Crippen LogP contribution in [0.15, 0.2) is 53.6 Å². The van der Waals surface area contributed by atoms with E-state index in [0.717, 1.165) is 18.9 Å². The highest BCUT2D eigenvalue weighted by Crippen LogP contribution is 2.14. The van der Waals surface area contributed by atoms with Gasteiger partial charge in [0.25, 0.3) is 0 Å². The zero-order valence-electron chi connectivity index (χ0n) is 15.0. The molecule has 1 amide bonds. The number of hydrogen-bond acceptors (Lipinski definition) is 5. The summed E-state index contributed by atoms with van der Waals surface area (Å²) in [5.74, 6) is 0.571. The van der Waals surface area contributed by atoms with E-state index in [1.165, 1.54) is 12.1 Å². The predicted molar refractivity (Wildman–Crippen MR) is 103 cm³/mol. The maximum atomic E-state index is 12.1. The molecule has 8 heteroatoms. The standard InChI is InChI=1S/C18H24N4O3S/c1-3-22(4-2)17-11-10-15(14-19-17)21-18(23)12-13-20-26(24,25)16-8-6-5-7-9-16/h5-11,14,20H,3-4,12-13H2,1-2H3,(H,21,23). The zero-order chi connectivity index (χ0) is 19.0. The lowest BCUT2D eigenvalue weighted by Gasteiger charge is -2.19. The predicted octanol–water partition coefficient (Wildman–Crippen LogP) is 2.23. The van der Waals surface area contributed by atoms with E-state index < -0.39 is 10.0 Å². The fraction of sp³-hybridized carbons (Fsp3) is 0.333. The van der Waals surface area contributed by atoms with Gasteiger partial charge in [0.15, 0.2) is 0 Å². The van der Waals surface area contributed by atoms with Crippen molar-refractivity contribution in [3.8, 4) is 0 Å². The summed E-state index contributed by atoms with van der Waals surface area (Å²) >= 11 is 0. The number of sulfonamides is 1. The van der Waals surface area contributed by atoms with Crippen LogP contribution in [0.4, 0.5) is 11.5 Å². The Morgan fingerprint density at radius 2 is 1.77 bits per heavy atom. The molecular formula is C18H24N4O3S. The highest BCUT2D eigenvalue weighted by Gasteiger charge is 2.13. The topological polar surface area (TPSA) is 91.4 Å². The monoisotopic (exact) mass is 376 g/mol. The minimum absolute atomic E-state index is 0.0218. The third-order valence-corrected chi connectivity index (χ3v) is 5.29. The van der Waals surface area contributed by atoms with Gasteiger partial charge in [-0.1, -0.05) is 18.2 Å². The molecule has 0 unspecified atom stereocenters. The molecular weight excluding hydrogens is 352 g/mol. The first-order valence-electron chi connectivity index (χ1n) is 8.51. The molecule has 1 heterocycles. The van der Waals surface area contributed by atoms with E-state index in [1.54, 1.807) is 30.5 Å². The molecule has 0 aliphatic carbocycles. The number of hydrogen-bond donors (Lipinski definition) is 2. The van der Waals surface area contributed by atoms with Crippen molar-refractivity contribution in [1.29, 1.82) is 0 Å². The summed E-state index contributed by atoms with van der Waals surface area (Å²) in [7, 11) is -3.60. The number of aromatic nitrogens is 1. The SMILES string of the molecule is CCN(CC)c1ccc(NC(=O)CCNS(=O)(=O)c2ccccc2)cn1. The van der Waals surface area contributed by atoms with Crippen LogP contribution in [0.2, 0.25) is 0 Å². The number of benzene rings is 1. The number of nitrogens with zero attached hydrogens (tertiary/aromatic N) is 2. The molecule has 26 heavy (non-hydrogen) atoms. The molecule has 140 valence electrons. The number of pyridine rings is 1. The zero-order valence-corrected chi connectivity index (χ0v) is 15.8. The number of carbonyl (C=O) groups is 1. The van der Waals surface area contributed by atoms with E-state index >= 15 is 0 Å². The Hall–Kier alpha value is -2.45. The number of anilines is 2. The van der Waals surface area contributed by atoms with Crippen LogP contribution in [-0.2, 0) is 14.8 Å². The number of rotatable bonds is 9. The van der Waals surface area contributed by atoms with Crippen LogP contribution in [0.25, 0.3) is 0 Å². The number of nitrogens with one attached hydrogen (secondary N) is 2. The molecule has 0 saturated carbocycles. The van der Waals surface area contributed by atoms with E-state index in [9.17, 15) is 13.2 Å². The molecule has 0 aliphatic heterocycles. The van der Waals surface area contributed by atoms with E-state index in [1.807, 2.05) is 6.07 Å². The maximum Gasteiger partial charge on any atom is 0.240 e. The van der Waals surface area contributed by atoms with Crippen molar-refractivity contribution >= 4 is 27.4 Å². The second-order valence-corrected chi connectivity index (χ2v) is 7.35. The van der Waals surface area contributed by atoms with E-state index in [4.69, 9.17) is 0 Å². The van der Waals surface area contributed by atoms with Gasteiger partial charge >= 0.3 is 0 Å². The summed E-state index contributed by atoms with van der Waals surface area (Å²) in [5, 5.41) is 2.72.